The lowest BCUT2D eigenvalue weighted by Gasteiger charge is -2.03. The van der Waals surface area contributed by atoms with E-state index in [1.165, 1.54) is 4.57 Å². The summed E-state index contributed by atoms with van der Waals surface area (Å²) < 4.78 is 6.66. The Morgan fingerprint density at radius 1 is 1.37 bits per heavy atom. The lowest BCUT2D eigenvalue weighted by Crippen LogP contribution is -2.11. The highest BCUT2D eigenvalue weighted by Gasteiger charge is 2.15. The fourth-order valence-electron chi connectivity index (χ4n) is 2.38. The molecule has 0 atom stereocenters. The van der Waals surface area contributed by atoms with Gasteiger partial charge in [0.2, 0.25) is 0 Å². The second-order valence-corrected chi connectivity index (χ2v) is 4.95. The van der Waals surface area contributed by atoms with Gasteiger partial charge in [-0.15, -0.1) is 0 Å². The molecule has 0 aliphatic rings. The number of aromatic nitrogens is 3. The molecule has 2 aromatic heterocycles. The van der Waals surface area contributed by atoms with E-state index in [9.17, 15) is 4.79 Å². The predicted octanol–water partition coefficient (Wildman–Crippen LogP) is 2.79. The molecule has 19 heavy (non-hydrogen) atoms. The lowest BCUT2D eigenvalue weighted by molar-refractivity contribution is 0.393. The maximum atomic E-state index is 11.6. The molecule has 0 aliphatic carbocycles. The van der Waals surface area contributed by atoms with Gasteiger partial charge in [0.1, 0.15) is 5.76 Å². The molecule has 0 fully saturated rings. The van der Waals surface area contributed by atoms with Crippen molar-refractivity contribution in [3.63, 3.8) is 0 Å². The summed E-state index contributed by atoms with van der Waals surface area (Å²) in [6, 6.07) is 3.71. The highest BCUT2D eigenvalue weighted by Crippen LogP contribution is 2.32. The molecule has 1 aromatic carbocycles. The Morgan fingerprint density at radius 3 is 2.74 bits per heavy atom. The van der Waals surface area contributed by atoms with Gasteiger partial charge in [-0.05, 0) is 31.5 Å². The summed E-state index contributed by atoms with van der Waals surface area (Å²) >= 11 is 6.27. The number of hydrogen-bond acceptors (Lipinski definition) is 3. The number of aromatic amines is 1. The number of benzene rings is 1. The third-order valence-electron chi connectivity index (χ3n) is 3.27. The topological polar surface area (TPSA) is 63.8 Å². The van der Waals surface area contributed by atoms with Gasteiger partial charge in [0.05, 0.1) is 21.7 Å². The van der Waals surface area contributed by atoms with Crippen LogP contribution in [0, 0.1) is 13.8 Å². The molecule has 0 saturated heterocycles. The first kappa shape index (κ1) is 12.0. The second kappa shape index (κ2) is 3.99. The van der Waals surface area contributed by atoms with E-state index in [0.29, 0.717) is 16.1 Å². The van der Waals surface area contributed by atoms with Crippen LogP contribution in [0.5, 0.6) is 0 Å². The molecule has 0 saturated carbocycles. The fourth-order valence-corrected chi connectivity index (χ4v) is 2.72. The molecule has 0 aliphatic heterocycles. The first-order valence-corrected chi connectivity index (χ1v) is 6.18. The van der Waals surface area contributed by atoms with Gasteiger partial charge in [-0.3, -0.25) is 4.57 Å². The van der Waals surface area contributed by atoms with Gasteiger partial charge in [-0.1, -0.05) is 16.8 Å². The van der Waals surface area contributed by atoms with Crippen LogP contribution in [0.4, 0.5) is 0 Å². The van der Waals surface area contributed by atoms with Gasteiger partial charge in [0.15, 0.2) is 0 Å². The summed E-state index contributed by atoms with van der Waals surface area (Å²) in [5, 5.41) is 4.45. The second-order valence-electron chi connectivity index (χ2n) is 4.54. The molecule has 0 unspecified atom stereocenters. The molecular weight excluding hydrogens is 266 g/mol. The van der Waals surface area contributed by atoms with Crippen LogP contribution in [0.1, 0.15) is 11.5 Å². The van der Waals surface area contributed by atoms with Gasteiger partial charge in [-0.25, -0.2) is 4.79 Å². The Hall–Kier alpha value is -2.01. The Labute approximate surface area is 113 Å². The van der Waals surface area contributed by atoms with Crippen LogP contribution in [0.15, 0.2) is 21.5 Å². The van der Waals surface area contributed by atoms with E-state index in [1.807, 2.05) is 26.0 Å². The van der Waals surface area contributed by atoms with Gasteiger partial charge >= 0.3 is 5.69 Å². The first-order valence-electron chi connectivity index (χ1n) is 5.80. The van der Waals surface area contributed by atoms with E-state index in [0.717, 1.165) is 22.6 Å². The lowest BCUT2D eigenvalue weighted by atomic mass is 10.0. The Bertz CT molecular complexity index is 822. The molecule has 0 bridgehead atoms. The van der Waals surface area contributed by atoms with Crippen molar-refractivity contribution in [1.29, 1.82) is 0 Å². The van der Waals surface area contributed by atoms with Crippen molar-refractivity contribution in [3.05, 3.63) is 39.1 Å². The number of aryl methyl sites for hydroxylation is 3. The van der Waals surface area contributed by atoms with Crippen LogP contribution in [-0.2, 0) is 7.05 Å². The molecule has 2 heterocycles. The minimum absolute atomic E-state index is 0.187. The average molecular weight is 278 g/mol. The monoisotopic (exact) mass is 277 g/mol. The number of nitrogens with one attached hydrogen (secondary N) is 1. The van der Waals surface area contributed by atoms with Crippen molar-refractivity contribution in [1.82, 2.24) is 14.7 Å². The number of hydrogen-bond donors (Lipinski definition) is 1. The molecule has 0 spiro atoms. The van der Waals surface area contributed by atoms with Crippen LogP contribution < -0.4 is 5.69 Å². The van der Waals surface area contributed by atoms with Crippen molar-refractivity contribution in [2.75, 3.05) is 0 Å². The van der Waals surface area contributed by atoms with E-state index in [1.54, 1.807) is 7.05 Å². The van der Waals surface area contributed by atoms with E-state index in [-0.39, 0.29) is 5.69 Å². The SMILES string of the molecule is Cc1noc(C)c1-c1cc(Cl)c2c(c1)[nH]c(=O)n2C. The molecule has 0 radical (unpaired) electrons. The zero-order chi connectivity index (χ0) is 13.7. The molecule has 6 heteroatoms. The Morgan fingerprint density at radius 2 is 2.11 bits per heavy atom. The van der Waals surface area contributed by atoms with Crippen molar-refractivity contribution in [2.24, 2.45) is 7.05 Å². The molecule has 5 nitrogen and oxygen atoms in total. The quantitative estimate of drug-likeness (QED) is 0.744. The minimum Gasteiger partial charge on any atom is -0.361 e. The summed E-state index contributed by atoms with van der Waals surface area (Å²) in [5.41, 5.74) is 3.81. The normalized spacial score (nSPS) is 11.4. The van der Waals surface area contributed by atoms with E-state index < -0.39 is 0 Å². The molecule has 3 rings (SSSR count). The van der Waals surface area contributed by atoms with Crippen LogP contribution in [0.3, 0.4) is 0 Å². The zero-order valence-corrected chi connectivity index (χ0v) is 11.5. The Balaban J connectivity index is 2.36. The van der Waals surface area contributed by atoms with Gasteiger partial charge < -0.3 is 9.51 Å². The molecule has 98 valence electrons. The summed E-state index contributed by atoms with van der Waals surface area (Å²) in [5.74, 6) is 0.728. The number of imidazole rings is 1. The average Bonchev–Trinajstić information content (AvgIpc) is 2.81. The van der Waals surface area contributed by atoms with Crippen molar-refractivity contribution in [3.8, 4) is 11.1 Å². The summed E-state index contributed by atoms with van der Waals surface area (Å²) in [4.78, 5) is 14.4. The molecular formula is C13H12ClN3O2. The fraction of sp³-hybridized carbons (Fsp3) is 0.231. The maximum absolute atomic E-state index is 11.6. The van der Waals surface area contributed by atoms with Crippen LogP contribution in [0.2, 0.25) is 5.02 Å². The molecule has 0 amide bonds. The first-order chi connectivity index (χ1) is 8.99. The van der Waals surface area contributed by atoms with Crippen molar-refractivity contribution < 1.29 is 4.52 Å². The number of fused-ring (bicyclic) bond motifs is 1. The highest BCUT2D eigenvalue weighted by atomic mass is 35.5. The molecule has 3 aromatic rings. The largest absolute Gasteiger partial charge is 0.361 e. The van der Waals surface area contributed by atoms with E-state index in [4.69, 9.17) is 16.1 Å². The Kier molecular flexibility index (Phi) is 2.53. The number of H-pyrrole nitrogens is 1. The summed E-state index contributed by atoms with van der Waals surface area (Å²) in [6.45, 7) is 3.72. The number of halogens is 1. The van der Waals surface area contributed by atoms with Gasteiger partial charge in [0.25, 0.3) is 0 Å². The molecule has 1 N–H and O–H groups in total. The third-order valence-corrected chi connectivity index (χ3v) is 3.56. The summed E-state index contributed by atoms with van der Waals surface area (Å²) in [6.07, 6.45) is 0. The van der Waals surface area contributed by atoms with Crippen LogP contribution >= 0.6 is 11.6 Å². The van der Waals surface area contributed by atoms with Crippen molar-refractivity contribution >= 4 is 22.6 Å². The van der Waals surface area contributed by atoms with Crippen LogP contribution in [0.25, 0.3) is 22.2 Å². The van der Waals surface area contributed by atoms with Crippen molar-refractivity contribution in [2.45, 2.75) is 13.8 Å². The summed E-state index contributed by atoms with van der Waals surface area (Å²) in [7, 11) is 1.68. The van der Waals surface area contributed by atoms with E-state index >= 15 is 0 Å². The maximum Gasteiger partial charge on any atom is 0.326 e. The predicted molar refractivity (Wildman–Crippen MR) is 73.5 cm³/mol. The third kappa shape index (κ3) is 1.69. The number of nitrogens with zero attached hydrogens (tertiary/aromatic N) is 2. The van der Waals surface area contributed by atoms with Crippen LogP contribution in [-0.4, -0.2) is 14.7 Å². The van der Waals surface area contributed by atoms with Gasteiger partial charge in [0, 0.05) is 12.6 Å². The van der Waals surface area contributed by atoms with E-state index in [2.05, 4.69) is 10.1 Å². The number of rotatable bonds is 1. The zero-order valence-electron chi connectivity index (χ0n) is 10.7. The smallest absolute Gasteiger partial charge is 0.326 e. The highest BCUT2D eigenvalue weighted by molar-refractivity contribution is 6.35. The minimum atomic E-state index is -0.187. The van der Waals surface area contributed by atoms with Gasteiger partial charge in [-0.2, -0.15) is 0 Å². The standard InChI is InChI=1S/C13H12ClN3O2/c1-6-11(7(2)19-16-6)8-4-9(14)12-10(5-8)15-13(18)17(12)3/h4-5H,1-3H3,(H,15,18).